The number of ether oxygens (including phenoxy) is 1. The van der Waals surface area contributed by atoms with Gasteiger partial charge in [-0.3, -0.25) is 9.78 Å². The molecule has 1 atom stereocenters. The lowest BCUT2D eigenvalue weighted by atomic mass is 9.70. The Labute approximate surface area is 101 Å². The van der Waals surface area contributed by atoms with Crippen LogP contribution in [0.5, 0.6) is 0 Å². The van der Waals surface area contributed by atoms with Crippen LogP contribution in [0.2, 0.25) is 0 Å². The van der Waals surface area contributed by atoms with Crippen molar-refractivity contribution >= 4 is 5.78 Å². The Morgan fingerprint density at radius 2 is 2.12 bits per heavy atom. The Kier molecular flexibility index (Phi) is 2.71. The summed E-state index contributed by atoms with van der Waals surface area (Å²) in [7, 11) is 0. The molecule has 3 rings (SSSR count). The van der Waals surface area contributed by atoms with Gasteiger partial charge in [-0.25, -0.2) is 0 Å². The van der Waals surface area contributed by atoms with Gasteiger partial charge in [-0.05, 0) is 44.2 Å². The van der Waals surface area contributed by atoms with Gasteiger partial charge in [0.15, 0.2) is 5.78 Å². The minimum absolute atomic E-state index is 0.0472. The Hall–Kier alpha value is -1.22. The van der Waals surface area contributed by atoms with Crippen molar-refractivity contribution in [2.45, 2.75) is 37.7 Å². The second kappa shape index (κ2) is 4.22. The predicted molar refractivity (Wildman–Crippen MR) is 63.8 cm³/mol. The van der Waals surface area contributed by atoms with Gasteiger partial charge < -0.3 is 4.74 Å². The van der Waals surface area contributed by atoms with Crippen molar-refractivity contribution in [2.75, 3.05) is 6.61 Å². The SMILES string of the molecule is O=C(c1ccncc1)C1CCOC2(CCC2)C1. The van der Waals surface area contributed by atoms with E-state index < -0.39 is 0 Å². The lowest BCUT2D eigenvalue weighted by Crippen LogP contribution is -2.47. The van der Waals surface area contributed by atoms with E-state index in [0.29, 0.717) is 0 Å². The van der Waals surface area contributed by atoms with E-state index in [4.69, 9.17) is 4.74 Å². The molecule has 3 nitrogen and oxygen atoms in total. The van der Waals surface area contributed by atoms with Crippen molar-refractivity contribution in [3.63, 3.8) is 0 Å². The highest BCUT2D eigenvalue weighted by Gasteiger charge is 2.44. The number of hydrogen-bond acceptors (Lipinski definition) is 3. The van der Waals surface area contributed by atoms with Crippen molar-refractivity contribution in [1.82, 2.24) is 4.98 Å². The first-order chi connectivity index (χ1) is 8.29. The molecule has 1 saturated carbocycles. The molecule has 2 fully saturated rings. The summed E-state index contributed by atoms with van der Waals surface area (Å²) in [6.45, 7) is 0.738. The fraction of sp³-hybridized carbons (Fsp3) is 0.571. The first kappa shape index (κ1) is 10.9. The molecule has 0 aromatic carbocycles. The molecule has 0 amide bonds. The van der Waals surface area contributed by atoms with Crippen LogP contribution in [-0.2, 0) is 4.74 Å². The molecule has 1 aromatic rings. The van der Waals surface area contributed by atoms with E-state index in [1.165, 1.54) is 6.42 Å². The van der Waals surface area contributed by atoms with Crippen LogP contribution >= 0.6 is 0 Å². The molecule has 0 bridgehead atoms. The monoisotopic (exact) mass is 231 g/mol. The fourth-order valence-corrected chi connectivity index (χ4v) is 2.92. The third-order valence-corrected chi connectivity index (χ3v) is 4.09. The fourth-order valence-electron chi connectivity index (χ4n) is 2.92. The minimum Gasteiger partial charge on any atom is -0.375 e. The van der Waals surface area contributed by atoms with E-state index in [0.717, 1.165) is 37.9 Å². The summed E-state index contributed by atoms with van der Waals surface area (Å²) in [5, 5.41) is 0. The van der Waals surface area contributed by atoms with Crippen LogP contribution in [0.3, 0.4) is 0 Å². The molecule has 1 aromatic heterocycles. The highest BCUT2D eigenvalue weighted by molar-refractivity contribution is 5.97. The molecule has 1 spiro atoms. The van der Waals surface area contributed by atoms with Gasteiger partial charge in [0, 0.05) is 30.5 Å². The third kappa shape index (κ3) is 2.00. The van der Waals surface area contributed by atoms with Gasteiger partial charge >= 0.3 is 0 Å². The number of pyridine rings is 1. The number of carbonyl (C=O) groups is 1. The highest BCUT2D eigenvalue weighted by atomic mass is 16.5. The van der Waals surface area contributed by atoms with Crippen LogP contribution in [0, 0.1) is 5.92 Å². The lowest BCUT2D eigenvalue weighted by Gasteiger charge is -2.46. The van der Waals surface area contributed by atoms with E-state index in [2.05, 4.69) is 4.98 Å². The van der Waals surface area contributed by atoms with E-state index in [9.17, 15) is 4.79 Å². The molecule has 2 heterocycles. The summed E-state index contributed by atoms with van der Waals surface area (Å²) in [6.07, 6.45) is 8.66. The maximum absolute atomic E-state index is 12.3. The van der Waals surface area contributed by atoms with Gasteiger partial charge in [-0.1, -0.05) is 0 Å². The number of Topliss-reactive ketones (excluding diaryl/α,β-unsaturated/α-hetero) is 1. The van der Waals surface area contributed by atoms with Crippen molar-refractivity contribution in [2.24, 2.45) is 5.92 Å². The quantitative estimate of drug-likeness (QED) is 0.734. The van der Waals surface area contributed by atoms with Gasteiger partial charge in [0.05, 0.1) is 5.60 Å². The molecule has 1 saturated heterocycles. The predicted octanol–water partition coefficient (Wildman–Crippen LogP) is 2.61. The molecular formula is C14H17NO2. The van der Waals surface area contributed by atoms with E-state index in [-0.39, 0.29) is 17.3 Å². The molecular weight excluding hydrogens is 214 g/mol. The number of carbonyl (C=O) groups excluding carboxylic acids is 1. The summed E-state index contributed by atoms with van der Waals surface area (Å²) >= 11 is 0. The van der Waals surface area contributed by atoms with E-state index >= 15 is 0 Å². The summed E-state index contributed by atoms with van der Waals surface area (Å²) in [5.74, 6) is 0.411. The number of aromatic nitrogens is 1. The Morgan fingerprint density at radius 1 is 1.35 bits per heavy atom. The number of ketones is 1. The molecule has 0 radical (unpaired) electrons. The normalized spacial score (nSPS) is 26.5. The van der Waals surface area contributed by atoms with E-state index in [1.54, 1.807) is 12.4 Å². The second-order valence-electron chi connectivity index (χ2n) is 5.17. The largest absolute Gasteiger partial charge is 0.375 e. The zero-order valence-corrected chi connectivity index (χ0v) is 9.89. The molecule has 3 heteroatoms. The highest BCUT2D eigenvalue weighted by Crippen LogP contribution is 2.44. The first-order valence-corrected chi connectivity index (χ1v) is 6.37. The molecule has 1 aliphatic carbocycles. The summed E-state index contributed by atoms with van der Waals surface area (Å²) in [6, 6.07) is 3.62. The van der Waals surface area contributed by atoms with Gasteiger partial charge in [-0.2, -0.15) is 0 Å². The number of rotatable bonds is 2. The second-order valence-corrected chi connectivity index (χ2v) is 5.17. The van der Waals surface area contributed by atoms with Crippen LogP contribution in [0.15, 0.2) is 24.5 Å². The molecule has 1 unspecified atom stereocenters. The summed E-state index contributed by atoms with van der Waals surface area (Å²) in [4.78, 5) is 16.3. The average molecular weight is 231 g/mol. The molecule has 1 aliphatic heterocycles. The number of nitrogens with zero attached hydrogens (tertiary/aromatic N) is 1. The summed E-state index contributed by atoms with van der Waals surface area (Å²) in [5.41, 5.74) is 0.840. The van der Waals surface area contributed by atoms with Gasteiger partial charge in [0.25, 0.3) is 0 Å². The van der Waals surface area contributed by atoms with Gasteiger partial charge in [0.1, 0.15) is 0 Å². The smallest absolute Gasteiger partial charge is 0.166 e. The first-order valence-electron chi connectivity index (χ1n) is 6.37. The Bertz CT molecular complexity index is 411. The van der Waals surface area contributed by atoms with Crippen LogP contribution in [0.4, 0.5) is 0 Å². The standard InChI is InChI=1S/C14H17NO2/c16-13(11-2-7-15-8-3-11)12-4-9-17-14(10-12)5-1-6-14/h2-3,7-8,12H,1,4-6,9-10H2. The Morgan fingerprint density at radius 3 is 2.76 bits per heavy atom. The van der Waals surface area contributed by atoms with E-state index in [1.807, 2.05) is 12.1 Å². The van der Waals surface area contributed by atoms with Gasteiger partial charge in [0.2, 0.25) is 0 Å². The molecule has 90 valence electrons. The van der Waals surface area contributed by atoms with Crippen molar-refractivity contribution in [3.05, 3.63) is 30.1 Å². The Balaban J connectivity index is 1.74. The summed E-state index contributed by atoms with van der Waals surface area (Å²) < 4.78 is 5.85. The zero-order chi connectivity index (χ0) is 11.7. The van der Waals surface area contributed by atoms with Crippen LogP contribution in [0.1, 0.15) is 42.5 Å². The maximum atomic E-state index is 12.3. The molecule has 0 N–H and O–H groups in total. The topological polar surface area (TPSA) is 39.2 Å². The van der Waals surface area contributed by atoms with Crippen LogP contribution in [0.25, 0.3) is 0 Å². The number of hydrogen-bond donors (Lipinski definition) is 0. The van der Waals surface area contributed by atoms with Crippen molar-refractivity contribution < 1.29 is 9.53 Å². The zero-order valence-electron chi connectivity index (χ0n) is 9.89. The average Bonchev–Trinajstić information content (AvgIpc) is 2.37. The third-order valence-electron chi connectivity index (χ3n) is 4.09. The molecule has 17 heavy (non-hydrogen) atoms. The minimum atomic E-state index is 0.0472. The van der Waals surface area contributed by atoms with Crippen LogP contribution in [-0.4, -0.2) is 23.0 Å². The maximum Gasteiger partial charge on any atom is 0.166 e. The van der Waals surface area contributed by atoms with Crippen LogP contribution < -0.4 is 0 Å². The van der Waals surface area contributed by atoms with Crippen molar-refractivity contribution in [1.29, 1.82) is 0 Å². The lowest BCUT2D eigenvalue weighted by molar-refractivity contribution is -0.137. The molecule has 2 aliphatic rings. The van der Waals surface area contributed by atoms with Gasteiger partial charge in [-0.15, -0.1) is 0 Å². The van der Waals surface area contributed by atoms with Crippen molar-refractivity contribution in [3.8, 4) is 0 Å².